The maximum atomic E-state index is 5.43. The lowest BCUT2D eigenvalue weighted by atomic mass is 10.0. The molecule has 0 atom stereocenters. The molecule has 0 saturated heterocycles. The van der Waals surface area contributed by atoms with Crippen LogP contribution < -0.4 is 15.4 Å². The molecule has 1 aliphatic carbocycles. The zero-order valence-electron chi connectivity index (χ0n) is 12.3. The number of hydrogen-bond acceptors (Lipinski definition) is 3. The fourth-order valence-electron chi connectivity index (χ4n) is 2.17. The highest BCUT2D eigenvalue weighted by atomic mass is 16.5. The molecule has 0 aliphatic heterocycles. The van der Waals surface area contributed by atoms with Gasteiger partial charge in [0, 0.05) is 31.2 Å². The van der Waals surface area contributed by atoms with E-state index < -0.39 is 0 Å². The Hall–Kier alpha value is -1.06. The summed E-state index contributed by atoms with van der Waals surface area (Å²) in [7, 11) is 1.74. The number of ether oxygens (including phenoxy) is 1. The summed E-state index contributed by atoms with van der Waals surface area (Å²) >= 11 is 0. The summed E-state index contributed by atoms with van der Waals surface area (Å²) in [6.07, 6.45) is 2.70. The van der Waals surface area contributed by atoms with E-state index in [-0.39, 0.29) is 0 Å². The lowest BCUT2D eigenvalue weighted by molar-refractivity contribution is 0.407. The van der Waals surface area contributed by atoms with Crippen molar-refractivity contribution in [2.45, 2.75) is 45.2 Å². The Kier molecular flexibility index (Phi) is 5.23. The third-order valence-corrected chi connectivity index (χ3v) is 3.60. The van der Waals surface area contributed by atoms with Gasteiger partial charge in [-0.25, -0.2) is 0 Å². The molecular formula is C16H26N2O. The van der Waals surface area contributed by atoms with Crippen LogP contribution in [0.1, 0.15) is 43.7 Å². The minimum atomic E-state index is 0.557. The maximum absolute atomic E-state index is 5.43. The van der Waals surface area contributed by atoms with Crippen LogP contribution in [0.5, 0.6) is 5.75 Å². The third-order valence-electron chi connectivity index (χ3n) is 3.60. The van der Waals surface area contributed by atoms with E-state index in [2.05, 4.69) is 42.7 Å². The van der Waals surface area contributed by atoms with Crippen LogP contribution in [0.4, 0.5) is 0 Å². The minimum absolute atomic E-state index is 0.557. The van der Waals surface area contributed by atoms with Crippen LogP contribution in [0, 0.1) is 0 Å². The largest absolute Gasteiger partial charge is 0.496 e. The molecule has 19 heavy (non-hydrogen) atoms. The molecule has 0 aromatic heterocycles. The van der Waals surface area contributed by atoms with E-state index >= 15 is 0 Å². The SMILES string of the molecule is COc1ccc(C(C)C)cc1CNCCNC1CC1. The van der Waals surface area contributed by atoms with Gasteiger partial charge in [-0.2, -0.15) is 0 Å². The van der Waals surface area contributed by atoms with Gasteiger partial charge in [-0.1, -0.05) is 26.0 Å². The molecule has 2 N–H and O–H groups in total. The molecule has 3 nitrogen and oxygen atoms in total. The van der Waals surface area contributed by atoms with Gasteiger partial charge in [0.15, 0.2) is 0 Å². The molecule has 106 valence electrons. The second-order valence-corrected chi connectivity index (χ2v) is 5.63. The van der Waals surface area contributed by atoms with Gasteiger partial charge in [0.05, 0.1) is 7.11 Å². The molecule has 0 radical (unpaired) electrons. The van der Waals surface area contributed by atoms with Crippen LogP contribution in [0.2, 0.25) is 0 Å². The van der Waals surface area contributed by atoms with Crippen molar-refractivity contribution < 1.29 is 4.74 Å². The van der Waals surface area contributed by atoms with Gasteiger partial charge in [-0.05, 0) is 30.4 Å². The van der Waals surface area contributed by atoms with E-state index in [4.69, 9.17) is 4.74 Å². The highest BCUT2D eigenvalue weighted by Gasteiger charge is 2.19. The summed E-state index contributed by atoms with van der Waals surface area (Å²) in [5.74, 6) is 1.54. The zero-order chi connectivity index (χ0) is 13.7. The van der Waals surface area contributed by atoms with Crippen molar-refractivity contribution >= 4 is 0 Å². The Bertz CT molecular complexity index is 400. The molecular weight excluding hydrogens is 236 g/mol. The van der Waals surface area contributed by atoms with E-state index in [0.717, 1.165) is 31.4 Å². The first-order valence-corrected chi connectivity index (χ1v) is 7.31. The van der Waals surface area contributed by atoms with Crippen molar-refractivity contribution in [1.82, 2.24) is 10.6 Å². The smallest absolute Gasteiger partial charge is 0.123 e. The number of hydrogen-bond donors (Lipinski definition) is 2. The first-order valence-electron chi connectivity index (χ1n) is 7.31. The average molecular weight is 262 g/mol. The van der Waals surface area contributed by atoms with Gasteiger partial charge in [0.1, 0.15) is 5.75 Å². The Morgan fingerprint density at radius 3 is 2.68 bits per heavy atom. The van der Waals surface area contributed by atoms with Crippen LogP contribution in [0.25, 0.3) is 0 Å². The van der Waals surface area contributed by atoms with E-state index in [1.807, 2.05) is 0 Å². The molecule has 2 rings (SSSR count). The first-order chi connectivity index (χ1) is 9.20. The fraction of sp³-hybridized carbons (Fsp3) is 0.625. The monoisotopic (exact) mass is 262 g/mol. The lowest BCUT2D eigenvalue weighted by Crippen LogP contribution is -2.28. The van der Waals surface area contributed by atoms with Gasteiger partial charge in [0.2, 0.25) is 0 Å². The predicted molar refractivity (Wildman–Crippen MR) is 79.8 cm³/mol. The van der Waals surface area contributed by atoms with Gasteiger partial charge >= 0.3 is 0 Å². The summed E-state index contributed by atoms with van der Waals surface area (Å²) in [5.41, 5.74) is 2.62. The molecule has 1 aromatic carbocycles. The standard InChI is InChI=1S/C16H26N2O/c1-12(2)13-4-7-16(19-3)14(10-13)11-17-8-9-18-15-5-6-15/h4,7,10,12,15,17-18H,5-6,8-9,11H2,1-3H3. The van der Waals surface area contributed by atoms with Crippen molar-refractivity contribution in [2.24, 2.45) is 0 Å². The van der Waals surface area contributed by atoms with Crippen molar-refractivity contribution in [3.63, 3.8) is 0 Å². The van der Waals surface area contributed by atoms with E-state index in [1.54, 1.807) is 7.11 Å². The van der Waals surface area contributed by atoms with Crippen LogP contribution in [-0.2, 0) is 6.54 Å². The lowest BCUT2D eigenvalue weighted by Gasteiger charge is -2.13. The van der Waals surface area contributed by atoms with Gasteiger partial charge in [0.25, 0.3) is 0 Å². The minimum Gasteiger partial charge on any atom is -0.496 e. The Balaban J connectivity index is 1.83. The average Bonchev–Trinajstić information content (AvgIpc) is 3.22. The summed E-state index contributed by atoms with van der Waals surface area (Å²) in [6.45, 7) is 7.37. The molecule has 1 fully saturated rings. The maximum Gasteiger partial charge on any atom is 0.123 e. The zero-order valence-corrected chi connectivity index (χ0v) is 12.3. The number of rotatable bonds is 8. The van der Waals surface area contributed by atoms with Crippen molar-refractivity contribution in [3.8, 4) is 5.75 Å². The summed E-state index contributed by atoms with van der Waals surface area (Å²) < 4.78 is 5.43. The third kappa shape index (κ3) is 4.51. The van der Waals surface area contributed by atoms with E-state index in [9.17, 15) is 0 Å². The molecule has 0 heterocycles. The molecule has 1 aromatic rings. The Morgan fingerprint density at radius 2 is 2.05 bits per heavy atom. The molecule has 1 saturated carbocycles. The molecule has 0 bridgehead atoms. The summed E-state index contributed by atoms with van der Waals surface area (Å²) in [6, 6.07) is 7.28. The predicted octanol–water partition coefficient (Wildman–Crippen LogP) is 2.66. The highest BCUT2D eigenvalue weighted by molar-refractivity contribution is 5.38. The number of benzene rings is 1. The molecule has 1 aliphatic rings. The second-order valence-electron chi connectivity index (χ2n) is 5.63. The number of nitrogens with one attached hydrogen (secondary N) is 2. The second kappa shape index (κ2) is 6.92. The normalized spacial score (nSPS) is 14.9. The molecule has 0 spiro atoms. The summed E-state index contributed by atoms with van der Waals surface area (Å²) in [5, 5.41) is 6.99. The number of methoxy groups -OCH3 is 1. The van der Waals surface area contributed by atoms with Crippen LogP contribution >= 0.6 is 0 Å². The van der Waals surface area contributed by atoms with Crippen LogP contribution in [-0.4, -0.2) is 26.2 Å². The molecule has 3 heteroatoms. The Labute approximate surface area is 116 Å². The van der Waals surface area contributed by atoms with Crippen LogP contribution in [0.3, 0.4) is 0 Å². The van der Waals surface area contributed by atoms with E-state index in [0.29, 0.717) is 5.92 Å². The molecule has 0 unspecified atom stereocenters. The van der Waals surface area contributed by atoms with E-state index in [1.165, 1.54) is 24.0 Å². The topological polar surface area (TPSA) is 33.3 Å². The first kappa shape index (κ1) is 14.4. The fourth-order valence-corrected chi connectivity index (χ4v) is 2.17. The van der Waals surface area contributed by atoms with Gasteiger partial charge in [-0.3, -0.25) is 0 Å². The summed E-state index contributed by atoms with van der Waals surface area (Å²) in [4.78, 5) is 0. The Morgan fingerprint density at radius 1 is 1.26 bits per heavy atom. The van der Waals surface area contributed by atoms with Gasteiger partial charge in [-0.15, -0.1) is 0 Å². The van der Waals surface area contributed by atoms with Crippen molar-refractivity contribution in [3.05, 3.63) is 29.3 Å². The van der Waals surface area contributed by atoms with Gasteiger partial charge < -0.3 is 15.4 Å². The molecule has 0 amide bonds. The highest BCUT2D eigenvalue weighted by Crippen LogP contribution is 2.24. The van der Waals surface area contributed by atoms with Crippen LogP contribution in [0.15, 0.2) is 18.2 Å². The van der Waals surface area contributed by atoms with Crippen molar-refractivity contribution in [1.29, 1.82) is 0 Å². The quantitative estimate of drug-likeness (QED) is 0.707. The van der Waals surface area contributed by atoms with Crippen molar-refractivity contribution in [2.75, 3.05) is 20.2 Å².